The fourth-order valence-electron chi connectivity index (χ4n) is 2.48. The smallest absolute Gasteiger partial charge is 0.330 e. The number of hydrogen-bond acceptors (Lipinski definition) is 2. The van der Waals surface area contributed by atoms with Gasteiger partial charge in [-0.15, -0.1) is 0 Å². The largest absolute Gasteiger partial charge is 0.462 e. The van der Waals surface area contributed by atoms with E-state index in [1.807, 2.05) is 0 Å². The molecule has 16 heavy (non-hydrogen) atoms. The summed E-state index contributed by atoms with van der Waals surface area (Å²) in [5.74, 6) is 1.24. The van der Waals surface area contributed by atoms with Crippen LogP contribution in [0.1, 0.15) is 46.5 Å². The van der Waals surface area contributed by atoms with E-state index in [9.17, 15) is 4.79 Å². The van der Waals surface area contributed by atoms with E-state index in [2.05, 4.69) is 27.4 Å². The predicted molar refractivity (Wildman–Crippen MR) is 66.1 cm³/mol. The van der Waals surface area contributed by atoms with Crippen LogP contribution in [0, 0.1) is 17.3 Å². The third kappa shape index (κ3) is 3.66. The number of esters is 1. The second-order valence-electron chi connectivity index (χ2n) is 5.76. The SMILES string of the molecule is C=CC(=O)OCC(C)(C)C1CCC(C)CC1. The lowest BCUT2D eigenvalue weighted by atomic mass is 9.69. The van der Waals surface area contributed by atoms with E-state index in [0.717, 1.165) is 5.92 Å². The maximum absolute atomic E-state index is 11.1. The monoisotopic (exact) mass is 224 g/mol. The van der Waals surface area contributed by atoms with Crippen molar-refractivity contribution < 1.29 is 9.53 Å². The van der Waals surface area contributed by atoms with E-state index >= 15 is 0 Å². The molecule has 0 unspecified atom stereocenters. The Labute approximate surface area is 99.1 Å². The third-order valence-corrected chi connectivity index (χ3v) is 3.87. The minimum Gasteiger partial charge on any atom is -0.462 e. The number of hydrogen-bond donors (Lipinski definition) is 0. The second kappa shape index (κ2) is 5.51. The minimum atomic E-state index is -0.308. The van der Waals surface area contributed by atoms with E-state index in [0.29, 0.717) is 12.5 Å². The zero-order valence-corrected chi connectivity index (χ0v) is 10.8. The first-order chi connectivity index (χ1) is 7.45. The van der Waals surface area contributed by atoms with Crippen LogP contribution in [0.2, 0.25) is 0 Å². The van der Waals surface area contributed by atoms with Gasteiger partial charge in [0.25, 0.3) is 0 Å². The summed E-state index contributed by atoms with van der Waals surface area (Å²) in [5.41, 5.74) is 0.0960. The van der Waals surface area contributed by atoms with Crippen LogP contribution in [-0.4, -0.2) is 12.6 Å². The van der Waals surface area contributed by atoms with Crippen LogP contribution in [0.15, 0.2) is 12.7 Å². The van der Waals surface area contributed by atoms with Gasteiger partial charge in [0.2, 0.25) is 0 Å². The van der Waals surface area contributed by atoms with Gasteiger partial charge in [-0.1, -0.05) is 40.2 Å². The quantitative estimate of drug-likeness (QED) is 0.539. The lowest BCUT2D eigenvalue weighted by molar-refractivity contribution is -0.142. The normalized spacial score (nSPS) is 26.2. The Hall–Kier alpha value is -0.790. The number of ether oxygens (including phenoxy) is 1. The van der Waals surface area contributed by atoms with Gasteiger partial charge in [-0.3, -0.25) is 0 Å². The molecule has 1 rings (SSSR count). The zero-order valence-electron chi connectivity index (χ0n) is 10.8. The second-order valence-corrected chi connectivity index (χ2v) is 5.76. The fraction of sp³-hybridized carbons (Fsp3) is 0.786. The van der Waals surface area contributed by atoms with E-state index in [1.54, 1.807) is 0 Å². The molecular weight excluding hydrogens is 200 g/mol. The first-order valence-electron chi connectivity index (χ1n) is 6.25. The number of carbonyl (C=O) groups excluding carboxylic acids is 1. The summed E-state index contributed by atoms with van der Waals surface area (Å²) in [6, 6.07) is 0. The predicted octanol–water partition coefficient (Wildman–Crippen LogP) is 3.57. The summed E-state index contributed by atoms with van der Waals surface area (Å²) in [4.78, 5) is 11.1. The molecule has 0 aromatic heterocycles. The Morgan fingerprint density at radius 1 is 1.38 bits per heavy atom. The maximum Gasteiger partial charge on any atom is 0.330 e. The van der Waals surface area contributed by atoms with Crippen molar-refractivity contribution in [3.8, 4) is 0 Å². The van der Waals surface area contributed by atoms with Crippen LogP contribution < -0.4 is 0 Å². The van der Waals surface area contributed by atoms with Crippen molar-refractivity contribution in [1.29, 1.82) is 0 Å². The lowest BCUT2D eigenvalue weighted by Crippen LogP contribution is -2.32. The highest BCUT2D eigenvalue weighted by Gasteiger charge is 2.33. The van der Waals surface area contributed by atoms with Gasteiger partial charge in [0.15, 0.2) is 0 Å². The first kappa shape index (κ1) is 13.3. The standard InChI is InChI=1S/C14H24O2/c1-5-13(15)16-10-14(3,4)12-8-6-11(2)7-9-12/h5,11-12H,1,6-10H2,2-4H3. The first-order valence-corrected chi connectivity index (χ1v) is 6.25. The van der Waals surface area contributed by atoms with Crippen LogP contribution in [0.5, 0.6) is 0 Å². The molecule has 1 aliphatic rings. The van der Waals surface area contributed by atoms with Crippen molar-refractivity contribution in [2.45, 2.75) is 46.5 Å². The summed E-state index contributed by atoms with van der Waals surface area (Å²) in [5, 5.41) is 0. The van der Waals surface area contributed by atoms with Crippen LogP contribution in [-0.2, 0) is 9.53 Å². The molecule has 2 heteroatoms. The molecule has 0 aromatic rings. The summed E-state index contributed by atoms with van der Waals surface area (Å²) < 4.78 is 5.18. The highest BCUT2D eigenvalue weighted by molar-refractivity contribution is 5.81. The Kier molecular flexibility index (Phi) is 4.57. The molecule has 0 spiro atoms. The molecule has 0 aromatic carbocycles. The van der Waals surface area contributed by atoms with E-state index in [-0.39, 0.29) is 11.4 Å². The zero-order chi connectivity index (χ0) is 12.2. The molecule has 0 atom stereocenters. The maximum atomic E-state index is 11.1. The Morgan fingerprint density at radius 2 is 1.94 bits per heavy atom. The minimum absolute atomic E-state index is 0.0960. The molecule has 1 saturated carbocycles. The van der Waals surface area contributed by atoms with Gasteiger partial charge in [0, 0.05) is 11.5 Å². The highest BCUT2D eigenvalue weighted by atomic mass is 16.5. The van der Waals surface area contributed by atoms with E-state index < -0.39 is 0 Å². The average molecular weight is 224 g/mol. The van der Waals surface area contributed by atoms with Gasteiger partial charge in [-0.05, 0) is 24.7 Å². The van der Waals surface area contributed by atoms with Gasteiger partial charge in [0.05, 0.1) is 6.61 Å². The molecular formula is C14H24O2. The van der Waals surface area contributed by atoms with Crippen LogP contribution >= 0.6 is 0 Å². The van der Waals surface area contributed by atoms with Gasteiger partial charge in [0.1, 0.15) is 0 Å². The van der Waals surface area contributed by atoms with Crippen molar-refractivity contribution in [2.24, 2.45) is 17.3 Å². The van der Waals surface area contributed by atoms with Gasteiger partial charge in [-0.2, -0.15) is 0 Å². The van der Waals surface area contributed by atoms with Crippen LogP contribution in [0.3, 0.4) is 0 Å². The molecule has 0 amide bonds. The molecule has 0 N–H and O–H groups in total. The Morgan fingerprint density at radius 3 is 2.44 bits per heavy atom. The topological polar surface area (TPSA) is 26.3 Å². The summed E-state index contributed by atoms with van der Waals surface area (Å²) >= 11 is 0. The molecule has 0 radical (unpaired) electrons. The summed E-state index contributed by atoms with van der Waals surface area (Å²) in [6.45, 7) is 10.6. The number of carbonyl (C=O) groups is 1. The van der Waals surface area contributed by atoms with Gasteiger partial charge in [-0.25, -0.2) is 4.79 Å². The Balaban J connectivity index is 2.43. The van der Waals surface area contributed by atoms with Gasteiger partial charge >= 0.3 is 5.97 Å². The van der Waals surface area contributed by atoms with Crippen molar-refractivity contribution in [3.05, 3.63) is 12.7 Å². The van der Waals surface area contributed by atoms with Crippen molar-refractivity contribution in [3.63, 3.8) is 0 Å². The molecule has 0 saturated heterocycles. The molecule has 0 bridgehead atoms. The van der Waals surface area contributed by atoms with Gasteiger partial charge < -0.3 is 4.74 Å². The summed E-state index contributed by atoms with van der Waals surface area (Å²) in [7, 11) is 0. The molecule has 2 nitrogen and oxygen atoms in total. The fourth-order valence-corrected chi connectivity index (χ4v) is 2.48. The van der Waals surface area contributed by atoms with E-state index in [4.69, 9.17) is 4.74 Å². The van der Waals surface area contributed by atoms with E-state index in [1.165, 1.54) is 31.8 Å². The third-order valence-electron chi connectivity index (χ3n) is 3.87. The summed E-state index contributed by atoms with van der Waals surface area (Å²) in [6.07, 6.45) is 6.38. The highest BCUT2D eigenvalue weighted by Crippen LogP contribution is 2.40. The molecule has 1 aliphatic carbocycles. The van der Waals surface area contributed by atoms with Crippen molar-refractivity contribution >= 4 is 5.97 Å². The molecule has 0 heterocycles. The average Bonchev–Trinajstić information content (AvgIpc) is 2.26. The molecule has 92 valence electrons. The lowest BCUT2D eigenvalue weighted by Gasteiger charge is -2.38. The van der Waals surface area contributed by atoms with Crippen LogP contribution in [0.25, 0.3) is 0 Å². The van der Waals surface area contributed by atoms with Crippen LogP contribution in [0.4, 0.5) is 0 Å². The Bertz CT molecular complexity index is 247. The number of rotatable bonds is 4. The van der Waals surface area contributed by atoms with Crippen molar-refractivity contribution in [2.75, 3.05) is 6.61 Å². The molecule has 1 fully saturated rings. The molecule has 0 aliphatic heterocycles. The van der Waals surface area contributed by atoms with Crippen molar-refractivity contribution in [1.82, 2.24) is 0 Å².